The molecule has 1 fully saturated rings. The topological polar surface area (TPSA) is 97.0 Å². The second kappa shape index (κ2) is 11.1. The van der Waals surface area contributed by atoms with Crippen molar-refractivity contribution < 1.29 is 28.2 Å². The quantitative estimate of drug-likeness (QED) is 0.637. The first-order chi connectivity index (χ1) is 17.2. The smallest absolute Gasteiger partial charge is 0.257 e. The Hall–Kier alpha value is -3.46. The first-order valence-corrected chi connectivity index (χ1v) is 12.2. The summed E-state index contributed by atoms with van der Waals surface area (Å²) < 4.78 is 25.2. The SMILES string of the molecule is CC(C)C(=O)Nc1ccc2c(c1)C(=O)N(C)[C@@H]1CC[C@H](CC(=O)NCc3ccc(F)cc3)O[C@H]1CO2. The van der Waals surface area contributed by atoms with E-state index in [0.29, 0.717) is 36.4 Å². The van der Waals surface area contributed by atoms with Crippen LogP contribution in [0.5, 0.6) is 5.75 Å². The molecule has 1 saturated heterocycles. The van der Waals surface area contributed by atoms with E-state index in [0.717, 1.165) is 5.56 Å². The summed E-state index contributed by atoms with van der Waals surface area (Å²) in [5.41, 5.74) is 1.75. The lowest BCUT2D eigenvalue weighted by molar-refractivity contribution is -0.134. The Balaban J connectivity index is 1.38. The molecule has 2 aromatic carbocycles. The summed E-state index contributed by atoms with van der Waals surface area (Å²) in [5.74, 6) is -0.563. The zero-order valence-electron chi connectivity index (χ0n) is 20.8. The molecule has 2 aromatic rings. The number of hydrogen-bond donors (Lipinski definition) is 2. The van der Waals surface area contributed by atoms with Gasteiger partial charge in [-0.05, 0) is 48.7 Å². The Labute approximate surface area is 210 Å². The molecule has 0 bridgehead atoms. The largest absolute Gasteiger partial charge is 0.490 e. The lowest BCUT2D eigenvalue weighted by atomic mass is 9.94. The third kappa shape index (κ3) is 6.02. The van der Waals surface area contributed by atoms with Gasteiger partial charge in [-0.2, -0.15) is 0 Å². The van der Waals surface area contributed by atoms with Crippen LogP contribution in [0.2, 0.25) is 0 Å². The van der Waals surface area contributed by atoms with E-state index in [-0.39, 0.29) is 60.7 Å². The lowest BCUT2D eigenvalue weighted by Gasteiger charge is -2.42. The van der Waals surface area contributed by atoms with Crippen molar-refractivity contribution in [1.82, 2.24) is 10.2 Å². The number of nitrogens with zero attached hydrogens (tertiary/aromatic N) is 1. The molecule has 2 aliphatic heterocycles. The highest BCUT2D eigenvalue weighted by atomic mass is 19.1. The highest BCUT2D eigenvalue weighted by molar-refractivity contribution is 6.00. The van der Waals surface area contributed by atoms with Crippen LogP contribution in [0.25, 0.3) is 0 Å². The van der Waals surface area contributed by atoms with Crippen molar-refractivity contribution in [2.75, 3.05) is 19.0 Å². The van der Waals surface area contributed by atoms with Gasteiger partial charge in [0.25, 0.3) is 5.91 Å². The average Bonchev–Trinajstić information content (AvgIpc) is 2.86. The van der Waals surface area contributed by atoms with Gasteiger partial charge >= 0.3 is 0 Å². The van der Waals surface area contributed by atoms with Gasteiger partial charge in [-0.25, -0.2) is 4.39 Å². The van der Waals surface area contributed by atoms with E-state index in [1.54, 1.807) is 56.1 Å². The number of fused-ring (bicyclic) bond motifs is 2. The van der Waals surface area contributed by atoms with Gasteiger partial charge in [-0.1, -0.05) is 26.0 Å². The van der Waals surface area contributed by atoms with Crippen LogP contribution >= 0.6 is 0 Å². The summed E-state index contributed by atoms with van der Waals surface area (Å²) in [6.45, 7) is 4.16. The van der Waals surface area contributed by atoms with E-state index in [9.17, 15) is 18.8 Å². The molecule has 36 heavy (non-hydrogen) atoms. The van der Waals surface area contributed by atoms with Gasteiger partial charge in [-0.3, -0.25) is 14.4 Å². The van der Waals surface area contributed by atoms with Crippen LogP contribution in [0.1, 0.15) is 49.0 Å². The predicted molar refractivity (Wildman–Crippen MR) is 132 cm³/mol. The number of anilines is 1. The summed E-state index contributed by atoms with van der Waals surface area (Å²) >= 11 is 0. The van der Waals surface area contributed by atoms with Crippen LogP contribution in [0.3, 0.4) is 0 Å². The fourth-order valence-electron chi connectivity index (χ4n) is 4.47. The summed E-state index contributed by atoms with van der Waals surface area (Å²) in [4.78, 5) is 39.5. The van der Waals surface area contributed by atoms with Crippen LogP contribution in [0, 0.1) is 11.7 Å². The molecule has 0 unspecified atom stereocenters. The summed E-state index contributed by atoms with van der Waals surface area (Å²) in [6, 6.07) is 10.8. The Morgan fingerprint density at radius 3 is 2.61 bits per heavy atom. The number of likely N-dealkylation sites (N-methyl/N-ethyl adjacent to an activating group) is 1. The van der Waals surface area contributed by atoms with E-state index >= 15 is 0 Å². The van der Waals surface area contributed by atoms with Crippen molar-refractivity contribution in [3.05, 3.63) is 59.4 Å². The standard InChI is InChI=1S/C27H32FN3O5/c1-16(2)26(33)30-19-8-11-23-21(12-19)27(34)31(3)22-10-9-20(36-24(22)15-35-23)13-25(32)29-14-17-4-6-18(28)7-5-17/h4-8,11-12,16,20,22,24H,9-10,13-15H2,1-3H3,(H,29,32)(H,30,33)/t20-,22-,24+/m1/s1. The molecule has 2 heterocycles. The van der Waals surface area contributed by atoms with Crippen molar-refractivity contribution in [2.45, 2.75) is 57.9 Å². The average molecular weight is 498 g/mol. The molecule has 2 N–H and O–H groups in total. The van der Waals surface area contributed by atoms with Gasteiger partial charge in [0.05, 0.1) is 24.1 Å². The molecule has 8 nitrogen and oxygen atoms in total. The van der Waals surface area contributed by atoms with Crippen LogP contribution in [-0.2, 0) is 20.9 Å². The summed E-state index contributed by atoms with van der Waals surface area (Å²) in [6.07, 6.45) is 0.818. The molecule has 2 aliphatic rings. The number of benzene rings is 2. The molecule has 192 valence electrons. The van der Waals surface area contributed by atoms with Gasteiger partial charge in [0.1, 0.15) is 24.3 Å². The predicted octanol–water partition coefficient (Wildman–Crippen LogP) is 3.51. The van der Waals surface area contributed by atoms with Gasteiger partial charge in [0, 0.05) is 25.2 Å². The van der Waals surface area contributed by atoms with E-state index in [2.05, 4.69) is 10.6 Å². The third-order valence-electron chi connectivity index (χ3n) is 6.62. The number of hydrogen-bond acceptors (Lipinski definition) is 5. The highest BCUT2D eigenvalue weighted by Gasteiger charge is 2.39. The maximum atomic E-state index is 13.3. The van der Waals surface area contributed by atoms with E-state index in [1.165, 1.54) is 12.1 Å². The number of amides is 3. The van der Waals surface area contributed by atoms with Crippen LogP contribution < -0.4 is 15.4 Å². The first-order valence-electron chi connectivity index (χ1n) is 12.2. The Morgan fingerprint density at radius 2 is 1.89 bits per heavy atom. The van der Waals surface area contributed by atoms with Gasteiger partial charge in [0.2, 0.25) is 11.8 Å². The van der Waals surface area contributed by atoms with E-state index in [4.69, 9.17) is 9.47 Å². The first kappa shape index (κ1) is 25.6. The van der Waals surface area contributed by atoms with E-state index < -0.39 is 0 Å². The zero-order chi connectivity index (χ0) is 25.8. The van der Waals surface area contributed by atoms with E-state index in [1.807, 2.05) is 0 Å². The Bertz CT molecular complexity index is 1120. The number of ether oxygens (including phenoxy) is 2. The molecule has 9 heteroatoms. The Morgan fingerprint density at radius 1 is 1.14 bits per heavy atom. The van der Waals surface area contributed by atoms with Crippen molar-refractivity contribution >= 4 is 23.4 Å². The number of carbonyl (C=O) groups is 3. The molecule has 4 rings (SSSR count). The highest BCUT2D eigenvalue weighted by Crippen LogP contribution is 2.32. The minimum absolute atomic E-state index is 0.129. The maximum absolute atomic E-state index is 13.3. The molecule has 0 spiro atoms. The molecule has 0 aliphatic carbocycles. The molecular formula is C27H32FN3O5. The van der Waals surface area contributed by atoms with Crippen molar-refractivity contribution in [1.29, 1.82) is 0 Å². The van der Waals surface area contributed by atoms with Crippen LogP contribution in [0.15, 0.2) is 42.5 Å². The summed E-state index contributed by atoms with van der Waals surface area (Å²) in [7, 11) is 1.74. The molecule has 0 aromatic heterocycles. The number of halogens is 1. The molecule has 3 amide bonds. The minimum atomic E-state index is -0.379. The Kier molecular flexibility index (Phi) is 7.88. The molecule has 3 atom stereocenters. The number of rotatable bonds is 6. The normalized spacial score (nSPS) is 21.5. The molecular weight excluding hydrogens is 465 g/mol. The second-order valence-corrected chi connectivity index (χ2v) is 9.63. The molecule has 0 radical (unpaired) electrons. The van der Waals surface area contributed by atoms with Crippen molar-refractivity contribution in [3.63, 3.8) is 0 Å². The van der Waals surface area contributed by atoms with Gasteiger partial charge in [0.15, 0.2) is 0 Å². The second-order valence-electron chi connectivity index (χ2n) is 9.63. The van der Waals surface area contributed by atoms with Gasteiger partial charge in [-0.15, -0.1) is 0 Å². The van der Waals surface area contributed by atoms with Crippen LogP contribution in [-0.4, -0.2) is 54.5 Å². The number of nitrogens with one attached hydrogen (secondary N) is 2. The minimum Gasteiger partial charge on any atom is -0.490 e. The lowest BCUT2D eigenvalue weighted by Crippen LogP contribution is -2.53. The molecule has 0 saturated carbocycles. The zero-order valence-corrected chi connectivity index (χ0v) is 20.8. The maximum Gasteiger partial charge on any atom is 0.257 e. The van der Waals surface area contributed by atoms with Crippen molar-refractivity contribution in [2.24, 2.45) is 5.92 Å². The summed E-state index contributed by atoms with van der Waals surface area (Å²) in [5, 5.41) is 5.67. The van der Waals surface area contributed by atoms with Gasteiger partial charge < -0.3 is 25.0 Å². The fourth-order valence-corrected chi connectivity index (χ4v) is 4.47. The monoisotopic (exact) mass is 497 g/mol. The fraction of sp³-hybridized carbons (Fsp3) is 0.444. The van der Waals surface area contributed by atoms with Crippen molar-refractivity contribution in [3.8, 4) is 5.75 Å². The van der Waals surface area contributed by atoms with Crippen LogP contribution in [0.4, 0.5) is 10.1 Å². The third-order valence-corrected chi connectivity index (χ3v) is 6.62. The number of carbonyl (C=O) groups excluding carboxylic acids is 3.